The van der Waals surface area contributed by atoms with Gasteiger partial charge in [-0.3, -0.25) is 9.78 Å². The van der Waals surface area contributed by atoms with E-state index < -0.39 is 0 Å². The zero-order chi connectivity index (χ0) is 26.1. The van der Waals surface area contributed by atoms with E-state index in [1.54, 1.807) is 19.6 Å². The lowest BCUT2D eigenvalue weighted by Crippen LogP contribution is -2.29. The minimum atomic E-state index is -0.183. The summed E-state index contributed by atoms with van der Waals surface area (Å²) in [5.41, 5.74) is 5.68. The Kier molecular flexibility index (Phi) is 6.71. The van der Waals surface area contributed by atoms with Crippen molar-refractivity contribution < 1.29 is 13.9 Å². The number of thiocarbonyl (C=S) groups is 1. The third-order valence-electron chi connectivity index (χ3n) is 6.70. The van der Waals surface area contributed by atoms with Gasteiger partial charge in [0.25, 0.3) is 0 Å². The van der Waals surface area contributed by atoms with Crippen LogP contribution in [0.1, 0.15) is 47.4 Å². The van der Waals surface area contributed by atoms with Gasteiger partial charge in [-0.2, -0.15) is 0 Å². The molecule has 0 aliphatic carbocycles. The highest BCUT2D eigenvalue weighted by atomic mass is 32.1. The minimum Gasteiger partial charge on any atom is -0.495 e. The highest BCUT2D eigenvalue weighted by molar-refractivity contribution is 7.80. The molecule has 9 heteroatoms. The van der Waals surface area contributed by atoms with Crippen LogP contribution in [0, 0.1) is 13.8 Å². The van der Waals surface area contributed by atoms with Crippen LogP contribution in [0.5, 0.6) is 5.75 Å². The molecule has 1 aliphatic heterocycles. The van der Waals surface area contributed by atoms with Gasteiger partial charge in [0, 0.05) is 30.2 Å². The van der Waals surface area contributed by atoms with Crippen molar-refractivity contribution in [2.24, 2.45) is 0 Å². The summed E-state index contributed by atoms with van der Waals surface area (Å²) in [7, 11) is 1.58. The second-order valence-electron chi connectivity index (χ2n) is 9.05. The van der Waals surface area contributed by atoms with Gasteiger partial charge in [0.1, 0.15) is 11.5 Å². The number of nitrogens with zero attached hydrogens (tertiary/aromatic N) is 3. The molecule has 0 unspecified atom stereocenters. The van der Waals surface area contributed by atoms with Crippen molar-refractivity contribution in [1.29, 1.82) is 0 Å². The zero-order valence-electron chi connectivity index (χ0n) is 21.2. The Hall–Kier alpha value is -4.11. The van der Waals surface area contributed by atoms with E-state index in [0.29, 0.717) is 23.1 Å². The first-order valence-electron chi connectivity index (χ1n) is 12.0. The number of aromatic nitrogens is 2. The van der Waals surface area contributed by atoms with E-state index in [-0.39, 0.29) is 18.0 Å². The van der Waals surface area contributed by atoms with Gasteiger partial charge >= 0.3 is 0 Å². The van der Waals surface area contributed by atoms with Gasteiger partial charge in [-0.25, -0.2) is 0 Å². The monoisotopic (exact) mass is 515 g/mol. The van der Waals surface area contributed by atoms with Crippen molar-refractivity contribution in [3.8, 4) is 5.75 Å². The number of amides is 1. The standard InChI is InChI=1S/C28H29N5O3S/c1-17-14-22(18(2)32(17)16-21-8-7-13-36-21)27-26(23-9-5-6-12-29-23)31-28(37)33(27)20-10-11-25(35-4)24(15-20)30-19(3)34/h5-15,26-27H,16H2,1-4H3,(H,30,34)(H,31,37)/t26-,27-/m0/s1. The first-order valence-corrected chi connectivity index (χ1v) is 12.4. The maximum Gasteiger partial charge on any atom is 0.221 e. The largest absolute Gasteiger partial charge is 0.495 e. The minimum absolute atomic E-state index is 0.179. The van der Waals surface area contributed by atoms with Crippen LogP contribution in [0.2, 0.25) is 0 Å². The summed E-state index contributed by atoms with van der Waals surface area (Å²) in [5, 5.41) is 6.95. The van der Waals surface area contributed by atoms with Crippen molar-refractivity contribution >= 4 is 34.6 Å². The molecule has 37 heavy (non-hydrogen) atoms. The average Bonchev–Trinajstić information content (AvgIpc) is 3.59. The molecule has 0 radical (unpaired) electrons. The predicted octanol–water partition coefficient (Wildman–Crippen LogP) is 5.29. The third-order valence-corrected chi connectivity index (χ3v) is 7.01. The fraction of sp³-hybridized carbons (Fsp3) is 0.250. The molecule has 1 aromatic carbocycles. The molecular formula is C28H29N5O3S. The van der Waals surface area contributed by atoms with Crippen LogP contribution in [0.15, 0.2) is 71.5 Å². The van der Waals surface area contributed by atoms with Gasteiger partial charge in [-0.05, 0) is 80.2 Å². The Morgan fingerprint density at radius 1 is 1.19 bits per heavy atom. The Morgan fingerprint density at radius 3 is 2.70 bits per heavy atom. The van der Waals surface area contributed by atoms with Gasteiger partial charge in [0.05, 0.1) is 43.4 Å². The second kappa shape index (κ2) is 10.1. The fourth-order valence-electron chi connectivity index (χ4n) is 5.01. The van der Waals surface area contributed by atoms with E-state index >= 15 is 0 Å². The number of pyridine rings is 1. The number of benzene rings is 1. The molecule has 5 rings (SSSR count). The molecule has 1 amide bonds. The summed E-state index contributed by atoms with van der Waals surface area (Å²) in [4.78, 5) is 18.6. The van der Waals surface area contributed by atoms with Crippen LogP contribution in [0.25, 0.3) is 0 Å². The molecule has 0 saturated carbocycles. The number of hydrogen-bond acceptors (Lipinski definition) is 5. The Bertz CT molecular complexity index is 1430. The van der Waals surface area contributed by atoms with Crippen LogP contribution < -0.4 is 20.3 Å². The van der Waals surface area contributed by atoms with E-state index in [4.69, 9.17) is 21.4 Å². The molecule has 190 valence electrons. The number of aryl methyl sites for hydroxylation is 1. The third kappa shape index (κ3) is 4.70. The summed E-state index contributed by atoms with van der Waals surface area (Å²) < 4.78 is 13.4. The number of carbonyl (C=O) groups excluding carboxylic acids is 1. The summed E-state index contributed by atoms with van der Waals surface area (Å²) in [6.07, 6.45) is 3.49. The quantitative estimate of drug-likeness (QED) is 0.324. The van der Waals surface area contributed by atoms with Gasteiger partial charge in [-0.1, -0.05) is 6.07 Å². The predicted molar refractivity (Wildman–Crippen MR) is 147 cm³/mol. The van der Waals surface area contributed by atoms with E-state index in [1.165, 1.54) is 6.92 Å². The fourth-order valence-corrected chi connectivity index (χ4v) is 5.36. The van der Waals surface area contributed by atoms with Gasteiger partial charge in [0.2, 0.25) is 5.91 Å². The number of rotatable bonds is 7. The molecule has 2 atom stereocenters. The van der Waals surface area contributed by atoms with E-state index in [2.05, 4.69) is 45.0 Å². The molecular weight excluding hydrogens is 486 g/mol. The first-order chi connectivity index (χ1) is 17.9. The Labute approximate surface area is 221 Å². The molecule has 2 N–H and O–H groups in total. The van der Waals surface area contributed by atoms with Crippen LogP contribution in [0.3, 0.4) is 0 Å². The van der Waals surface area contributed by atoms with Crippen LogP contribution in [-0.4, -0.2) is 27.7 Å². The lowest BCUT2D eigenvalue weighted by Gasteiger charge is -2.29. The topological polar surface area (TPSA) is 84.6 Å². The molecule has 4 aromatic rings. The molecule has 1 aliphatic rings. The zero-order valence-corrected chi connectivity index (χ0v) is 22.0. The van der Waals surface area contributed by atoms with Crippen molar-refractivity contribution in [2.75, 3.05) is 17.3 Å². The molecule has 1 fully saturated rings. The van der Waals surface area contributed by atoms with Gasteiger partial charge in [0.15, 0.2) is 5.11 Å². The number of hydrogen-bond donors (Lipinski definition) is 2. The van der Waals surface area contributed by atoms with Crippen molar-refractivity contribution in [3.05, 3.63) is 95.5 Å². The summed E-state index contributed by atoms with van der Waals surface area (Å²) in [6, 6.07) is 17.3. The lowest BCUT2D eigenvalue weighted by atomic mass is 9.96. The van der Waals surface area contributed by atoms with Crippen LogP contribution in [-0.2, 0) is 11.3 Å². The van der Waals surface area contributed by atoms with Crippen molar-refractivity contribution in [1.82, 2.24) is 14.9 Å². The lowest BCUT2D eigenvalue weighted by molar-refractivity contribution is -0.114. The first kappa shape index (κ1) is 24.6. The van der Waals surface area contributed by atoms with Gasteiger partial charge < -0.3 is 29.3 Å². The van der Waals surface area contributed by atoms with E-state index in [9.17, 15) is 4.79 Å². The molecule has 0 spiro atoms. The molecule has 4 heterocycles. The molecule has 0 bridgehead atoms. The maximum absolute atomic E-state index is 11.9. The van der Waals surface area contributed by atoms with E-state index in [1.807, 2.05) is 48.5 Å². The van der Waals surface area contributed by atoms with Crippen molar-refractivity contribution in [2.45, 2.75) is 39.4 Å². The highest BCUT2D eigenvalue weighted by Gasteiger charge is 2.42. The molecule has 8 nitrogen and oxygen atoms in total. The van der Waals surface area contributed by atoms with Gasteiger partial charge in [-0.15, -0.1) is 0 Å². The molecule has 1 saturated heterocycles. The SMILES string of the molecule is COc1ccc(N2C(=S)N[C@@H](c3ccccn3)[C@@H]2c2cc(C)n(Cc3ccco3)c2C)cc1NC(C)=O. The maximum atomic E-state index is 11.9. The number of anilines is 2. The van der Waals surface area contributed by atoms with E-state index in [0.717, 1.165) is 34.1 Å². The normalized spacial score (nSPS) is 17.1. The second-order valence-corrected chi connectivity index (χ2v) is 9.44. The molecule has 3 aromatic heterocycles. The number of furan rings is 1. The Balaban J connectivity index is 1.63. The van der Waals surface area contributed by atoms with Crippen molar-refractivity contribution in [3.63, 3.8) is 0 Å². The smallest absolute Gasteiger partial charge is 0.221 e. The van der Waals surface area contributed by atoms with Crippen LogP contribution in [0.4, 0.5) is 11.4 Å². The summed E-state index contributed by atoms with van der Waals surface area (Å²) in [6.45, 7) is 6.33. The number of carbonyl (C=O) groups is 1. The Morgan fingerprint density at radius 2 is 2.03 bits per heavy atom. The van der Waals surface area contributed by atoms with Crippen LogP contribution >= 0.6 is 12.2 Å². The summed E-state index contributed by atoms with van der Waals surface area (Å²) in [5.74, 6) is 1.29. The highest BCUT2D eigenvalue weighted by Crippen LogP contribution is 2.44. The average molecular weight is 516 g/mol. The summed E-state index contributed by atoms with van der Waals surface area (Å²) >= 11 is 5.89. The number of methoxy groups -OCH3 is 1. The number of nitrogens with one attached hydrogen (secondary N) is 2. The number of ether oxygens (including phenoxy) is 1.